The van der Waals surface area contributed by atoms with Crippen LogP contribution < -0.4 is 4.74 Å². The van der Waals surface area contributed by atoms with Crippen LogP contribution in [0.4, 0.5) is 0 Å². The number of nitrogens with zero attached hydrogens (tertiary/aromatic N) is 6. The van der Waals surface area contributed by atoms with E-state index in [1.807, 2.05) is 22.9 Å². The van der Waals surface area contributed by atoms with Gasteiger partial charge in [0.15, 0.2) is 0 Å². The van der Waals surface area contributed by atoms with Gasteiger partial charge < -0.3 is 9.26 Å². The molecule has 0 saturated heterocycles. The Morgan fingerprint density at radius 3 is 2.80 bits per heavy atom. The summed E-state index contributed by atoms with van der Waals surface area (Å²) in [5.41, 5.74) is 3.28. The maximum absolute atomic E-state index is 5.36. The molecule has 3 aromatic heterocycles. The normalized spacial score (nSPS) is 11.4. The van der Waals surface area contributed by atoms with Gasteiger partial charge in [-0.2, -0.15) is 4.98 Å². The number of benzene rings is 1. The summed E-state index contributed by atoms with van der Waals surface area (Å²) < 4.78 is 12.4. The van der Waals surface area contributed by atoms with Crippen LogP contribution in [0.15, 0.2) is 41.2 Å². The summed E-state index contributed by atoms with van der Waals surface area (Å²) >= 11 is 0. The number of rotatable bonds is 4. The highest BCUT2D eigenvalue weighted by atomic mass is 16.5. The molecule has 0 aliphatic rings. The lowest BCUT2D eigenvalue weighted by Gasteiger charge is -2.04. The lowest BCUT2D eigenvalue weighted by molar-refractivity contribution is 0.411. The molecule has 0 radical (unpaired) electrons. The van der Waals surface area contributed by atoms with E-state index < -0.39 is 0 Å². The molecule has 0 aliphatic heterocycles. The maximum Gasteiger partial charge on any atom is 0.259 e. The van der Waals surface area contributed by atoms with Crippen LogP contribution in [0.25, 0.3) is 33.9 Å². The first kappa shape index (κ1) is 15.3. The number of ether oxygens (including phenoxy) is 1. The molecule has 126 valence electrons. The van der Waals surface area contributed by atoms with E-state index in [2.05, 4.69) is 39.3 Å². The average molecular weight is 336 g/mol. The first-order valence-electron chi connectivity index (χ1n) is 7.84. The molecule has 0 fully saturated rings. The van der Waals surface area contributed by atoms with Crippen LogP contribution in [0, 0.1) is 0 Å². The molecule has 4 aromatic rings. The lowest BCUT2D eigenvalue weighted by atomic mass is 10.2. The molecule has 0 amide bonds. The highest BCUT2D eigenvalue weighted by Crippen LogP contribution is 2.26. The molecule has 8 nitrogen and oxygen atoms in total. The smallest absolute Gasteiger partial charge is 0.259 e. The molecular formula is C17H16N6O2. The summed E-state index contributed by atoms with van der Waals surface area (Å²) in [5.74, 6) is 1.50. The van der Waals surface area contributed by atoms with Gasteiger partial charge in [-0.25, -0.2) is 4.68 Å². The minimum Gasteiger partial charge on any atom is -0.495 e. The Labute approximate surface area is 143 Å². The third kappa shape index (κ3) is 2.71. The van der Waals surface area contributed by atoms with E-state index in [1.54, 1.807) is 25.6 Å². The van der Waals surface area contributed by atoms with Gasteiger partial charge in [0.2, 0.25) is 5.82 Å². The number of aromatic nitrogens is 6. The summed E-state index contributed by atoms with van der Waals surface area (Å²) in [7, 11) is 1.58. The zero-order valence-corrected chi connectivity index (χ0v) is 14.0. The van der Waals surface area contributed by atoms with E-state index in [9.17, 15) is 0 Å². The summed E-state index contributed by atoms with van der Waals surface area (Å²) in [4.78, 5) is 8.55. The highest BCUT2D eigenvalue weighted by Gasteiger charge is 2.14. The van der Waals surface area contributed by atoms with Crippen molar-refractivity contribution in [3.8, 4) is 28.6 Å². The van der Waals surface area contributed by atoms with Crippen molar-refractivity contribution in [2.75, 3.05) is 7.11 Å². The van der Waals surface area contributed by atoms with Gasteiger partial charge in [0, 0.05) is 17.8 Å². The standard InChI is InChI=1S/C17H16N6O2/c1-10(2)23-15-5-4-11(7-14(15)20-22-23)16-19-17(25-21-16)12-6-13(24-3)9-18-8-12/h4-10H,1-3H3. The second-order valence-corrected chi connectivity index (χ2v) is 5.87. The molecule has 0 saturated carbocycles. The van der Waals surface area contributed by atoms with E-state index in [4.69, 9.17) is 9.26 Å². The largest absolute Gasteiger partial charge is 0.495 e. The molecular weight excluding hydrogens is 320 g/mol. The average Bonchev–Trinajstić information content (AvgIpc) is 3.28. The Bertz CT molecular complexity index is 1040. The lowest BCUT2D eigenvalue weighted by Crippen LogP contribution is -2.02. The van der Waals surface area contributed by atoms with Crippen LogP contribution in [-0.2, 0) is 0 Å². The van der Waals surface area contributed by atoms with Crippen molar-refractivity contribution in [1.29, 1.82) is 0 Å². The van der Waals surface area contributed by atoms with Crippen LogP contribution in [0.2, 0.25) is 0 Å². The van der Waals surface area contributed by atoms with E-state index in [-0.39, 0.29) is 6.04 Å². The minimum atomic E-state index is 0.244. The molecule has 0 atom stereocenters. The van der Waals surface area contributed by atoms with E-state index >= 15 is 0 Å². The van der Waals surface area contributed by atoms with Gasteiger partial charge >= 0.3 is 0 Å². The Kier molecular flexibility index (Phi) is 3.64. The highest BCUT2D eigenvalue weighted by molar-refractivity contribution is 5.80. The van der Waals surface area contributed by atoms with E-state index in [1.165, 1.54) is 0 Å². The van der Waals surface area contributed by atoms with Gasteiger partial charge in [0.25, 0.3) is 5.89 Å². The topological polar surface area (TPSA) is 91.8 Å². The molecule has 0 spiro atoms. The fraction of sp³-hybridized carbons (Fsp3) is 0.235. The fourth-order valence-corrected chi connectivity index (χ4v) is 2.57. The second-order valence-electron chi connectivity index (χ2n) is 5.87. The van der Waals surface area contributed by atoms with Gasteiger partial charge in [-0.3, -0.25) is 4.98 Å². The summed E-state index contributed by atoms with van der Waals surface area (Å²) in [5, 5.41) is 12.5. The predicted molar refractivity (Wildman–Crippen MR) is 91.0 cm³/mol. The number of methoxy groups -OCH3 is 1. The predicted octanol–water partition coefficient (Wildman–Crippen LogP) is 3.13. The van der Waals surface area contributed by atoms with Crippen molar-refractivity contribution in [2.45, 2.75) is 19.9 Å². The van der Waals surface area contributed by atoms with Crippen molar-refractivity contribution < 1.29 is 9.26 Å². The third-order valence-corrected chi connectivity index (χ3v) is 3.84. The van der Waals surface area contributed by atoms with E-state index in [0.29, 0.717) is 23.0 Å². The Morgan fingerprint density at radius 1 is 1.12 bits per heavy atom. The van der Waals surface area contributed by atoms with Crippen molar-refractivity contribution in [3.63, 3.8) is 0 Å². The zero-order valence-electron chi connectivity index (χ0n) is 14.0. The van der Waals surface area contributed by atoms with Crippen molar-refractivity contribution in [2.24, 2.45) is 0 Å². The maximum atomic E-state index is 5.36. The molecule has 1 aromatic carbocycles. The molecule has 25 heavy (non-hydrogen) atoms. The van der Waals surface area contributed by atoms with Crippen molar-refractivity contribution in [3.05, 3.63) is 36.7 Å². The van der Waals surface area contributed by atoms with Gasteiger partial charge in [0.05, 0.1) is 24.4 Å². The van der Waals surface area contributed by atoms with Crippen LogP contribution in [0.3, 0.4) is 0 Å². The molecule has 0 aliphatic carbocycles. The van der Waals surface area contributed by atoms with Gasteiger partial charge in [-0.1, -0.05) is 10.4 Å². The summed E-state index contributed by atoms with van der Waals surface area (Å²) in [6, 6.07) is 7.84. The number of fused-ring (bicyclic) bond motifs is 1. The van der Waals surface area contributed by atoms with Crippen LogP contribution >= 0.6 is 0 Å². The van der Waals surface area contributed by atoms with Crippen LogP contribution in [0.1, 0.15) is 19.9 Å². The molecule has 0 bridgehead atoms. The number of pyridine rings is 1. The molecule has 4 rings (SSSR count). The van der Waals surface area contributed by atoms with Crippen LogP contribution in [0.5, 0.6) is 5.75 Å². The fourth-order valence-electron chi connectivity index (χ4n) is 2.57. The third-order valence-electron chi connectivity index (χ3n) is 3.84. The molecule has 0 N–H and O–H groups in total. The number of hydrogen-bond acceptors (Lipinski definition) is 7. The van der Waals surface area contributed by atoms with Crippen molar-refractivity contribution >= 4 is 11.0 Å². The van der Waals surface area contributed by atoms with Gasteiger partial charge in [-0.15, -0.1) is 5.10 Å². The SMILES string of the molecule is COc1cncc(-c2nc(-c3ccc4c(c3)nnn4C(C)C)no2)c1. The molecule has 0 unspecified atom stereocenters. The summed E-state index contributed by atoms with van der Waals surface area (Å²) in [6.45, 7) is 4.13. The monoisotopic (exact) mass is 336 g/mol. The zero-order chi connectivity index (χ0) is 17.4. The van der Waals surface area contributed by atoms with Crippen molar-refractivity contribution in [1.82, 2.24) is 30.1 Å². The Morgan fingerprint density at radius 2 is 2.00 bits per heavy atom. The van der Waals surface area contributed by atoms with Gasteiger partial charge in [0.1, 0.15) is 11.3 Å². The molecule has 3 heterocycles. The Hall–Kier alpha value is -3.29. The number of hydrogen-bond donors (Lipinski definition) is 0. The molecule has 8 heteroatoms. The Balaban J connectivity index is 1.71. The minimum absolute atomic E-state index is 0.244. The van der Waals surface area contributed by atoms with E-state index in [0.717, 1.165) is 16.6 Å². The first-order valence-corrected chi connectivity index (χ1v) is 7.84. The quantitative estimate of drug-likeness (QED) is 0.565. The summed E-state index contributed by atoms with van der Waals surface area (Å²) in [6.07, 6.45) is 3.27. The first-order chi connectivity index (χ1) is 12.2. The second kappa shape index (κ2) is 5.97. The van der Waals surface area contributed by atoms with Crippen LogP contribution in [-0.4, -0.2) is 37.2 Å². The van der Waals surface area contributed by atoms with Gasteiger partial charge in [-0.05, 0) is 38.1 Å².